The first kappa shape index (κ1) is 18.4. The van der Waals surface area contributed by atoms with Crippen molar-refractivity contribution in [2.24, 2.45) is 0 Å². The molecule has 0 fully saturated rings. The molecule has 0 amide bonds. The maximum Gasteiger partial charge on any atom is 0.337 e. The maximum absolute atomic E-state index is 11.7. The van der Waals surface area contributed by atoms with Gasteiger partial charge in [-0.25, -0.2) is 4.79 Å². The van der Waals surface area contributed by atoms with Gasteiger partial charge < -0.3 is 9.47 Å². The molecule has 1 unspecified atom stereocenters. The first-order chi connectivity index (χ1) is 11.5. The molecule has 1 aliphatic heterocycles. The molecule has 0 spiro atoms. The normalized spacial score (nSPS) is 20.7. The molecule has 5 nitrogen and oxygen atoms in total. The predicted octanol–water partition coefficient (Wildman–Crippen LogP) is 3.95. The van der Waals surface area contributed by atoms with Gasteiger partial charge in [-0.2, -0.15) is 0 Å². The third-order valence-corrected chi connectivity index (χ3v) is 4.10. The largest absolute Gasteiger partial charge is 0.487 e. The van der Waals surface area contributed by atoms with Crippen LogP contribution in [0.1, 0.15) is 29.6 Å². The van der Waals surface area contributed by atoms with Crippen molar-refractivity contribution in [2.75, 3.05) is 25.3 Å². The van der Waals surface area contributed by atoms with Gasteiger partial charge in [-0.1, -0.05) is 18.7 Å². The lowest BCUT2D eigenvalue weighted by Gasteiger charge is -2.21. The molecule has 130 valence electrons. The SMILES string of the molecule is C=C1/C=C\CC(Cl)CCCN(O)c2cc(C(=O)OC)ccc2OC1. The molecular formula is C18H22ClNO4. The van der Waals surface area contributed by atoms with E-state index in [9.17, 15) is 10.0 Å². The maximum atomic E-state index is 11.7. The minimum atomic E-state index is -0.470. The standard InChI is InChI=1S/C18H22ClNO4/c1-13-5-3-6-15(19)7-4-10-20(22)16-11-14(18(21)23-2)8-9-17(16)24-12-13/h3,5,8-9,11,15,22H,1,4,6-7,10,12H2,2H3/b5-3-. The zero-order valence-electron chi connectivity index (χ0n) is 13.7. The van der Waals surface area contributed by atoms with Gasteiger partial charge in [-0.05, 0) is 43.0 Å². The number of allylic oxidation sites excluding steroid dienone is 1. The van der Waals surface area contributed by atoms with E-state index in [1.54, 1.807) is 18.2 Å². The Bertz CT molecular complexity index is 629. The number of hydrogen-bond donors (Lipinski definition) is 1. The van der Waals surface area contributed by atoms with Crippen LogP contribution in [0.3, 0.4) is 0 Å². The Kier molecular flexibility index (Phi) is 6.70. The zero-order chi connectivity index (χ0) is 17.5. The number of benzene rings is 1. The van der Waals surface area contributed by atoms with Crippen LogP contribution in [-0.2, 0) is 4.74 Å². The number of methoxy groups -OCH3 is 1. The highest BCUT2D eigenvalue weighted by atomic mass is 35.5. The summed E-state index contributed by atoms with van der Waals surface area (Å²) >= 11 is 6.26. The Morgan fingerprint density at radius 2 is 2.29 bits per heavy atom. The number of carbonyl (C=O) groups excluding carboxylic acids is 1. The van der Waals surface area contributed by atoms with Gasteiger partial charge in [-0.15, -0.1) is 11.6 Å². The second-order valence-electron chi connectivity index (χ2n) is 5.62. The number of nitrogens with zero attached hydrogens (tertiary/aromatic N) is 1. The number of ether oxygens (including phenoxy) is 2. The molecule has 1 heterocycles. The van der Waals surface area contributed by atoms with Crippen molar-refractivity contribution >= 4 is 23.3 Å². The van der Waals surface area contributed by atoms with Gasteiger partial charge >= 0.3 is 5.97 Å². The Morgan fingerprint density at radius 1 is 1.50 bits per heavy atom. The number of hydrogen-bond acceptors (Lipinski definition) is 5. The summed E-state index contributed by atoms with van der Waals surface area (Å²) < 4.78 is 10.5. The molecule has 1 aliphatic rings. The van der Waals surface area contributed by atoms with Crippen LogP contribution in [-0.4, -0.2) is 36.8 Å². The second kappa shape index (κ2) is 8.76. The molecule has 0 bridgehead atoms. The van der Waals surface area contributed by atoms with Crippen molar-refractivity contribution in [3.63, 3.8) is 0 Å². The molecule has 24 heavy (non-hydrogen) atoms. The Labute approximate surface area is 147 Å². The molecule has 1 atom stereocenters. The van der Waals surface area contributed by atoms with E-state index < -0.39 is 5.97 Å². The molecule has 2 rings (SSSR count). The van der Waals surface area contributed by atoms with Crippen LogP contribution in [0.2, 0.25) is 0 Å². The summed E-state index contributed by atoms with van der Waals surface area (Å²) in [5.41, 5.74) is 1.56. The fourth-order valence-electron chi connectivity index (χ4n) is 2.39. The summed E-state index contributed by atoms with van der Waals surface area (Å²) in [6, 6.07) is 4.80. The van der Waals surface area contributed by atoms with Crippen LogP contribution in [0.5, 0.6) is 5.75 Å². The smallest absolute Gasteiger partial charge is 0.337 e. The van der Waals surface area contributed by atoms with Gasteiger partial charge in [0.2, 0.25) is 0 Å². The Balaban J connectivity index is 2.29. The van der Waals surface area contributed by atoms with Crippen molar-refractivity contribution in [1.82, 2.24) is 0 Å². The number of hydroxylamine groups is 1. The first-order valence-corrected chi connectivity index (χ1v) is 8.25. The minimum absolute atomic E-state index is 0.00463. The molecule has 0 radical (unpaired) electrons. The summed E-state index contributed by atoms with van der Waals surface area (Å²) in [6.07, 6.45) is 6.10. The van der Waals surface area contributed by atoms with E-state index in [4.69, 9.17) is 21.1 Å². The highest BCUT2D eigenvalue weighted by Gasteiger charge is 2.16. The fourth-order valence-corrected chi connectivity index (χ4v) is 2.64. The number of esters is 1. The predicted molar refractivity (Wildman–Crippen MR) is 94.2 cm³/mol. The van der Waals surface area contributed by atoms with E-state index in [0.717, 1.165) is 23.5 Å². The topological polar surface area (TPSA) is 59.0 Å². The lowest BCUT2D eigenvalue weighted by atomic mass is 10.1. The van der Waals surface area contributed by atoms with Crippen LogP contribution < -0.4 is 9.80 Å². The van der Waals surface area contributed by atoms with Gasteiger partial charge in [0.05, 0.1) is 12.7 Å². The molecule has 0 saturated heterocycles. The van der Waals surface area contributed by atoms with Gasteiger partial charge in [0, 0.05) is 11.9 Å². The van der Waals surface area contributed by atoms with E-state index in [0.29, 0.717) is 30.0 Å². The molecule has 0 aromatic heterocycles. The van der Waals surface area contributed by atoms with Crippen LogP contribution in [0, 0.1) is 0 Å². The molecule has 1 aromatic rings. The number of alkyl halides is 1. The van der Waals surface area contributed by atoms with Gasteiger partial charge in [0.15, 0.2) is 0 Å². The molecule has 1 aromatic carbocycles. The van der Waals surface area contributed by atoms with Crippen molar-refractivity contribution in [1.29, 1.82) is 0 Å². The van der Waals surface area contributed by atoms with Gasteiger partial charge in [-0.3, -0.25) is 10.3 Å². The molecule has 0 saturated carbocycles. The molecule has 6 heteroatoms. The van der Waals surface area contributed by atoms with E-state index >= 15 is 0 Å². The van der Waals surface area contributed by atoms with Crippen molar-refractivity contribution < 1.29 is 19.5 Å². The van der Waals surface area contributed by atoms with E-state index in [-0.39, 0.29) is 12.0 Å². The number of anilines is 1. The van der Waals surface area contributed by atoms with Crippen LogP contribution in [0.25, 0.3) is 0 Å². The fraction of sp³-hybridized carbons (Fsp3) is 0.389. The third kappa shape index (κ3) is 5.01. The summed E-state index contributed by atoms with van der Waals surface area (Å²) in [5.74, 6) is 0.00338. The van der Waals surface area contributed by atoms with E-state index in [2.05, 4.69) is 6.58 Å². The highest BCUT2D eigenvalue weighted by Crippen LogP contribution is 2.30. The third-order valence-electron chi connectivity index (χ3n) is 3.70. The summed E-state index contributed by atoms with van der Waals surface area (Å²) in [7, 11) is 1.32. The Hall–Kier alpha value is -1.98. The lowest BCUT2D eigenvalue weighted by molar-refractivity contribution is 0.0600. The monoisotopic (exact) mass is 351 g/mol. The second-order valence-corrected chi connectivity index (χ2v) is 6.24. The van der Waals surface area contributed by atoms with Crippen LogP contribution in [0.4, 0.5) is 5.69 Å². The Morgan fingerprint density at radius 3 is 3.04 bits per heavy atom. The summed E-state index contributed by atoms with van der Waals surface area (Å²) in [6.45, 7) is 4.60. The summed E-state index contributed by atoms with van der Waals surface area (Å²) in [5, 5.41) is 11.5. The molecular weight excluding hydrogens is 330 g/mol. The average Bonchev–Trinajstić information content (AvgIpc) is 2.59. The summed E-state index contributed by atoms with van der Waals surface area (Å²) in [4.78, 5) is 11.7. The number of carbonyl (C=O) groups is 1. The first-order valence-electron chi connectivity index (χ1n) is 7.81. The number of fused-ring (bicyclic) bond motifs is 1. The number of rotatable bonds is 1. The highest BCUT2D eigenvalue weighted by molar-refractivity contribution is 6.20. The van der Waals surface area contributed by atoms with Crippen molar-refractivity contribution in [2.45, 2.75) is 24.6 Å². The molecule has 0 aliphatic carbocycles. The average molecular weight is 352 g/mol. The van der Waals surface area contributed by atoms with E-state index in [1.807, 2.05) is 12.2 Å². The van der Waals surface area contributed by atoms with Crippen LogP contribution in [0.15, 0.2) is 42.5 Å². The number of halogens is 1. The van der Waals surface area contributed by atoms with Crippen molar-refractivity contribution in [3.8, 4) is 5.75 Å². The van der Waals surface area contributed by atoms with Gasteiger partial charge in [0.1, 0.15) is 18.0 Å². The van der Waals surface area contributed by atoms with E-state index in [1.165, 1.54) is 7.11 Å². The quantitative estimate of drug-likeness (QED) is 0.613. The van der Waals surface area contributed by atoms with Crippen molar-refractivity contribution in [3.05, 3.63) is 48.1 Å². The minimum Gasteiger partial charge on any atom is -0.487 e. The van der Waals surface area contributed by atoms with Crippen LogP contribution >= 0.6 is 11.6 Å². The zero-order valence-corrected chi connectivity index (χ0v) is 14.5. The van der Waals surface area contributed by atoms with Gasteiger partial charge in [0.25, 0.3) is 0 Å². The molecule has 1 N–H and O–H groups in total. The lowest BCUT2D eigenvalue weighted by Crippen LogP contribution is -2.21.